The summed E-state index contributed by atoms with van der Waals surface area (Å²) in [6.07, 6.45) is 3.10. The molecule has 1 saturated heterocycles. The number of aromatic nitrogens is 5. The second-order valence-corrected chi connectivity index (χ2v) is 8.02. The van der Waals surface area contributed by atoms with Crippen molar-refractivity contribution in [1.82, 2.24) is 24.7 Å². The van der Waals surface area contributed by atoms with Crippen molar-refractivity contribution in [3.63, 3.8) is 0 Å². The Morgan fingerprint density at radius 3 is 2.97 bits per heavy atom. The molecule has 1 aromatic carbocycles. The third kappa shape index (κ3) is 3.06. The van der Waals surface area contributed by atoms with Crippen LogP contribution in [0.5, 0.6) is 11.8 Å². The van der Waals surface area contributed by atoms with Gasteiger partial charge in [0.2, 0.25) is 5.95 Å². The maximum atomic E-state index is 12.8. The molecule has 154 valence electrons. The van der Waals surface area contributed by atoms with Crippen molar-refractivity contribution in [3.05, 3.63) is 53.7 Å². The number of benzene rings is 1. The molecule has 3 unspecified atom stereocenters. The van der Waals surface area contributed by atoms with E-state index in [0.29, 0.717) is 29.0 Å². The second-order valence-electron chi connectivity index (χ2n) is 7.58. The predicted octanol–water partition coefficient (Wildman–Crippen LogP) is 3.91. The molecule has 30 heavy (non-hydrogen) atoms. The number of halogens is 2. The quantitative estimate of drug-likeness (QED) is 0.638. The number of nitrogens with one attached hydrogen (secondary N) is 1. The smallest absolute Gasteiger partial charge is 0.326 e. The van der Waals surface area contributed by atoms with E-state index >= 15 is 0 Å². The van der Waals surface area contributed by atoms with Crippen LogP contribution < -0.4 is 15.0 Å². The van der Waals surface area contributed by atoms with Gasteiger partial charge in [0.15, 0.2) is 0 Å². The molecule has 0 bridgehead atoms. The van der Waals surface area contributed by atoms with Crippen molar-refractivity contribution in [2.45, 2.75) is 25.4 Å². The van der Waals surface area contributed by atoms with Gasteiger partial charge in [0.25, 0.3) is 0 Å². The molecule has 0 spiro atoms. The number of rotatable bonds is 6. The fraction of sp³-hybridized carbons (Fsp3) is 0.300. The summed E-state index contributed by atoms with van der Waals surface area (Å²) in [6.45, 7) is 5.02. The zero-order valence-corrected chi connectivity index (χ0v) is 17.1. The van der Waals surface area contributed by atoms with E-state index in [4.69, 9.17) is 16.3 Å². The Morgan fingerprint density at radius 1 is 1.33 bits per heavy atom. The van der Waals surface area contributed by atoms with Gasteiger partial charge in [0.05, 0.1) is 17.8 Å². The lowest BCUT2D eigenvalue weighted by Gasteiger charge is -2.39. The average molecular weight is 428 g/mol. The Hall–Kier alpha value is -3.20. The number of ether oxygens (including phenoxy) is 1. The molecule has 3 atom stereocenters. The van der Waals surface area contributed by atoms with Crippen LogP contribution in [-0.2, 0) is 0 Å². The lowest BCUT2D eigenvalue weighted by molar-refractivity contribution is 0.431. The highest BCUT2D eigenvalue weighted by Crippen LogP contribution is 2.59. The SMILES string of the molecule is Cc1cc(N2CC3C(Nc4nc(Oc5cccc(Cl)c5)n(/C=C/F)n4)C32C)ncn1. The number of anilines is 2. The van der Waals surface area contributed by atoms with Crippen LogP contribution in [0.2, 0.25) is 5.02 Å². The Bertz CT molecular complexity index is 1140. The standard InChI is InChI=1S/C20H19ClFN7O/c1-12-8-16(24-11-23-12)28-10-15-17(20(15,28)2)25-18-26-19(29(27-18)7-6-22)30-14-5-3-4-13(21)9-14/h3-9,11,15,17H,10H2,1-2H3,(H,25,27)/b7-6+. The monoisotopic (exact) mass is 427 g/mol. The molecule has 1 saturated carbocycles. The minimum atomic E-state index is -0.0733. The minimum absolute atomic E-state index is 0.0733. The highest BCUT2D eigenvalue weighted by Gasteiger charge is 2.73. The van der Waals surface area contributed by atoms with Gasteiger partial charge in [0, 0.05) is 29.2 Å². The average Bonchev–Trinajstić information content (AvgIpc) is 2.97. The highest BCUT2D eigenvalue weighted by molar-refractivity contribution is 6.30. The van der Waals surface area contributed by atoms with E-state index < -0.39 is 0 Å². The van der Waals surface area contributed by atoms with Gasteiger partial charge >= 0.3 is 6.01 Å². The summed E-state index contributed by atoms with van der Waals surface area (Å²) in [6, 6.07) is 9.15. The maximum absolute atomic E-state index is 12.8. The van der Waals surface area contributed by atoms with Crippen LogP contribution in [0.15, 0.2) is 43.0 Å². The summed E-state index contributed by atoms with van der Waals surface area (Å²) < 4.78 is 19.8. The molecule has 2 fully saturated rings. The third-order valence-corrected chi connectivity index (χ3v) is 6.02. The zero-order chi connectivity index (χ0) is 20.9. The summed E-state index contributed by atoms with van der Waals surface area (Å²) in [5.74, 6) is 2.21. The zero-order valence-electron chi connectivity index (χ0n) is 16.3. The van der Waals surface area contributed by atoms with Crippen molar-refractivity contribution in [1.29, 1.82) is 0 Å². The molecule has 1 N–H and O–H groups in total. The van der Waals surface area contributed by atoms with Crippen LogP contribution in [0.3, 0.4) is 0 Å². The molecule has 0 amide bonds. The summed E-state index contributed by atoms with van der Waals surface area (Å²) in [5, 5.41) is 8.19. The highest BCUT2D eigenvalue weighted by atomic mass is 35.5. The van der Waals surface area contributed by atoms with E-state index in [1.165, 1.54) is 4.68 Å². The van der Waals surface area contributed by atoms with Gasteiger partial charge in [-0.15, -0.1) is 5.10 Å². The van der Waals surface area contributed by atoms with Crippen LogP contribution in [0.1, 0.15) is 12.6 Å². The molecule has 8 nitrogen and oxygen atoms in total. The predicted molar refractivity (Wildman–Crippen MR) is 111 cm³/mol. The Labute approximate surface area is 177 Å². The minimum Gasteiger partial charge on any atom is -0.424 e. The molecule has 1 aliphatic carbocycles. The van der Waals surface area contributed by atoms with Gasteiger partial charge in [-0.2, -0.15) is 9.67 Å². The normalized spacial score (nSPS) is 24.5. The van der Waals surface area contributed by atoms with Crippen molar-refractivity contribution in [2.24, 2.45) is 5.92 Å². The van der Waals surface area contributed by atoms with Gasteiger partial charge in [0.1, 0.15) is 24.2 Å². The first kappa shape index (κ1) is 18.8. The van der Waals surface area contributed by atoms with Crippen LogP contribution >= 0.6 is 11.6 Å². The molecule has 1 aliphatic heterocycles. The number of hydrogen-bond donors (Lipinski definition) is 1. The van der Waals surface area contributed by atoms with E-state index in [9.17, 15) is 4.39 Å². The van der Waals surface area contributed by atoms with Crippen molar-refractivity contribution in [3.8, 4) is 11.8 Å². The van der Waals surface area contributed by atoms with E-state index in [0.717, 1.165) is 24.3 Å². The molecule has 3 heterocycles. The molecule has 2 aliphatic rings. The van der Waals surface area contributed by atoms with Crippen LogP contribution in [0.25, 0.3) is 6.20 Å². The first-order valence-corrected chi connectivity index (χ1v) is 9.86. The molecule has 5 rings (SSSR count). The number of nitrogens with zero attached hydrogens (tertiary/aromatic N) is 6. The molecular weight excluding hydrogens is 409 g/mol. The van der Waals surface area contributed by atoms with E-state index in [1.54, 1.807) is 30.6 Å². The Balaban J connectivity index is 1.34. The van der Waals surface area contributed by atoms with Crippen LogP contribution in [0, 0.1) is 12.8 Å². The Morgan fingerprint density at radius 2 is 2.20 bits per heavy atom. The summed E-state index contributed by atoms with van der Waals surface area (Å²) in [4.78, 5) is 15.2. The van der Waals surface area contributed by atoms with Gasteiger partial charge < -0.3 is 15.0 Å². The second kappa shape index (κ2) is 6.94. The molecule has 3 aromatic rings. The van der Waals surface area contributed by atoms with Gasteiger partial charge in [-0.25, -0.2) is 14.4 Å². The fourth-order valence-electron chi connectivity index (χ4n) is 4.07. The molecule has 0 radical (unpaired) electrons. The van der Waals surface area contributed by atoms with Gasteiger partial charge in [-0.3, -0.25) is 0 Å². The first-order valence-electron chi connectivity index (χ1n) is 9.48. The lowest BCUT2D eigenvalue weighted by Crippen LogP contribution is -2.49. The fourth-order valence-corrected chi connectivity index (χ4v) is 4.25. The first-order chi connectivity index (χ1) is 14.5. The molecule has 10 heteroatoms. The topological polar surface area (TPSA) is 81.0 Å². The number of fused-ring (bicyclic) bond motifs is 1. The largest absolute Gasteiger partial charge is 0.424 e. The van der Waals surface area contributed by atoms with E-state index in [2.05, 4.69) is 37.2 Å². The Kier molecular flexibility index (Phi) is 4.35. The van der Waals surface area contributed by atoms with E-state index in [1.807, 2.05) is 13.0 Å². The lowest BCUT2D eigenvalue weighted by atomic mass is 10.1. The van der Waals surface area contributed by atoms with Gasteiger partial charge in [-0.05, 0) is 32.0 Å². The molecular formula is C20H19ClFN7O. The van der Waals surface area contributed by atoms with Crippen LogP contribution in [-0.4, -0.2) is 42.9 Å². The van der Waals surface area contributed by atoms with Crippen molar-refractivity contribution in [2.75, 3.05) is 16.8 Å². The summed E-state index contributed by atoms with van der Waals surface area (Å²) in [7, 11) is 0. The third-order valence-electron chi connectivity index (χ3n) is 5.79. The number of hydrogen-bond acceptors (Lipinski definition) is 7. The number of aryl methyl sites for hydroxylation is 1. The maximum Gasteiger partial charge on any atom is 0.326 e. The summed E-state index contributed by atoms with van der Waals surface area (Å²) >= 11 is 6.00. The van der Waals surface area contributed by atoms with Gasteiger partial charge in [-0.1, -0.05) is 17.7 Å². The summed E-state index contributed by atoms with van der Waals surface area (Å²) in [5.41, 5.74) is 0.856. The van der Waals surface area contributed by atoms with Crippen LogP contribution in [0.4, 0.5) is 16.2 Å². The van der Waals surface area contributed by atoms with E-state index in [-0.39, 0.29) is 17.6 Å². The van der Waals surface area contributed by atoms with Crippen molar-refractivity contribution < 1.29 is 9.13 Å². The molecule has 2 aromatic heterocycles. The van der Waals surface area contributed by atoms with Crippen molar-refractivity contribution >= 4 is 29.6 Å².